The van der Waals surface area contributed by atoms with Gasteiger partial charge >= 0.3 is 0 Å². The molecule has 0 aliphatic carbocycles. The zero-order valence-corrected chi connectivity index (χ0v) is 11.6. The van der Waals surface area contributed by atoms with Gasteiger partial charge in [0.2, 0.25) is 0 Å². The van der Waals surface area contributed by atoms with Gasteiger partial charge in [0.15, 0.2) is 5.82 Å². The molecule has 2 N–H and O–H groups in total. The number of pyridine rings is 1. The average Bonchev–Trinajstić information content (AvgIpc) is 2.98. The van der Waals surface area contributed by atoms with Crippen LogP contribution in [0.4, 0.5) is 0 Å². The van der Waals surface area contributed by atoms with Crippen molar-refractivity contribution in [3.05, 3.63) is 41.7 Å². The third-order valence-electron chi connectivity index (χ3n) is 2.77. The van der Waals surface area contributed by atoms with Crippen molar-refractivity contribution in [1.82, 2.24) is 25.1 Å². The molecule has 7 heteroatoms. The number of aromatic nitrogens is 4. The second-order valence-electron chi connectivity index (χ2n) is 4.08. The molecular formula is C14H15N5O2. The Morgan fingerprint density at radius 1 is 1.52 bits per heavy atom. The van der Waals surface area contributed by atoms with Crippen molar-refractivity contribution in [2.75, 3.05) is 6.61 Å². The van der Waals surface area contributed by atoms with Crippen LogP contribution in [-0.4, -0.2) is 37.4 Å². The van der Waals surface area contributed by atoms with Gasteiger partial charge in [-0.15, -0.1) is 10.2 Å². The number of carbonyl (C=O) groups is 1. The number of aryl methyl sites for hydroxylation is 1. The van der Waals surface area contributed by atoms with E-state index in [1.807, 2.05) is 11.5 Å². The molecule has 1 amide bonds. The standard InChI is InChI=1S/C14H15N5O2/c1-2-19-10-17-18-12(19)9-16-14(21)13-11(6-4-8-20)5-3-7-15-13/h3,5,7,10,20H,2,8-9H2,1H3,(H,16,21). The molecule has 0 aromatic carbocycles. The van der Waals surface area contributed by atoms with Gasteiger partial charge in [0.25, 0.3) is 5.91 Å². The largest absolute Gasteiger partial charge is 0.384 e. The first kappa shape index (κ1) is 14.7. The van der Waals surface area contributed by atoms with Gasteiger partial charge in [0.1, 0.15) is 18.6 Å². The predicted octanol–water partition coefficient (Wildman–Crippen LogP) is -0.0332. The molecule has 7 nitrogen and oxygen atoms in total. The molecule has 2 aromatic heterocycles. The van der Waals surface area contributed by atoms with Gasteiger partial charge in [0.05, 0.1) is 12.1 Å². The maximum absolute atomic E-state index is 12.2. The quantitative estimate of drug-likeness (QED) is 0.769. The van der Waals surface area contributed by atoms with Crippen LogP contribution >= 0.6 is 0 Å². The van der Waals surface area contributed by atoms with E-state index in [-0.39, 0.29) is 24.8 Å². The fraction of sp³-hybridized carbons (Fsp3) is 0.286. The number of aliphatic hydroxyl groups excluding tert-OH is 1. The van der Waals surface area contributed by atoms with Gasteiger partial charge in [-0.25, -0.2) is 4.98 Å². The molecule has 0 atom stereocenters. The molecule has 2 aromatic rings. The molecule has 0 radical (unpaired) electrons. The van der Waals surface area contributed by atoms with E-state index in [0.717, 1.165) is 6.54 Å². The van der Waals surface area contributed by atoms with E-state index in [1.165, 1.54) is 6.20 Å². The highest BCUT2D eigenvalue weighted by atomic mass is 16.2. The van der Waals surface area contributed by atoms with E-state index in [0.29, 0.717) is 11.4 Å². The Morgan fingerprint density at radius 2 is 2.38 bits per heavy atom. The lowest BCUT2D eigenvalue weighted by atomic mass is 10.2. The lowest BCUT2D eigenvalue weighted by Crippen LogP contribution is -2.26. The Morgan fingerprint density at radius 3 is 3.14 bits per heavy atom. The number of rotatable bonds is 4. The molecule has 0 aliphatic heterocycles. The minimum absolute atomic E-state index is 0.223. The van der Waals surface area contributed by atoms with Crippen molar-refractivity contribution in [1.29, 1.82) is 0 Å². The van der Waals surface area contributed by atoms with E-state index in [1.54, 1.807) is 18.5 Å². The Bertz CT molecular complexity index is 684. The van der Waals surface area contributed by atoms with Crippen molar-refractivity contribution in [3.8, 4) is 11.8 Å². The second-order valence-corrected chi connectivity index (χ2v) is 4.08. The first-order valence-corrected chi connectivity index (χ1v) is 6.46. The molecule has 0 aliphatic rings. The highest BCUT2D eigenvalue weighted by Gasteiger charge is 2.12. The van der Waals surface area contributed by atoms with Crippen LogP contribution in [0.3, 0.4) is 0 Å². The molecule has 0 saturated heterocycles. The van der Waals surface area contributed by atoms with Crippen LogP contribution in [0.2, 0.25) is 0 Å². The van der Waals surface area contributed by atoms with Crippen LogP contribution in [0.1, 0.15) is 28.8 Å². The fourth-order valence-electron chi connectivity index (χ4n) is 1.74. The summed E-state index contributed by atoms with van der Waals surface area (Å²) in [4.78, 5) is 16.2. The number of amides is 1. The highest BCUT2D eigenvalue weighted by Crippen LogP contribution is 2.04. The smallest absolute Gasteiger partial charge is 0.271 e. The van der Waals surface area contributed by atoms with Crippen molar-refractivity contribution < 1.29 is 9.90 Å². The molecule has 2 rings (SSSR count). The van der Waals surface area contributed by atoms with Crippen molar-refractivity contribution in [2.45, 2.75) is 20.0 Å². The lowest BCUT2D eigenvalue weighted by Gasteiger charge is -2.06. The minimum atomic E-state index is -0.344. The zero-order chi connectivity index (χ0) is 15.1. The third kappa shape index (κ3) is 3.64. The van der Waals surface area contributed by atoms with Crippen LogP contribution in [0.5, 0.6) is 0 Å². The maximum Gasteiger partial charge on any atom is 0.271 e. The fourth-order valence-corrected chi connectivity index (χ4v) is 1.74. The number of nitrogens with zero attached hydrogens (tertiary/aromatic N) is 4. The van der Waals surface area contributed by atoms with E-state index in [4.69, 9.17) is 5.11 Å². The molecule has 0 saturated carbocycles. The summed E-state index contributed by atoms with van der Waals surface area (Å²) in [5.74, 6) is 5.54. The Kier molecular flexibility index (Phi) is 5.01. The normalized spacial score (nSPS) is 9.81. The number of hydrogen-bond donors (Lipinski definition) is 2. The minimum Gasteiger partial charge on any atom is -0.384 e. The Balaban J connectivity index is 2.10. The molecule has 2 heterocycles. The van der Waals surface area contributed by atoms with Crippen LogP contribution < -0.4 is 5.32 Å². The Labute approximate surface area is 122 Å². The third-order valence-corrected chi connectivity index (χ3v) is 2.77. The van der Waals surface area contributed by atoms with Crippen LogP contribution in [0.25, 0.3) is 0 Å². The number of aliphatic hydroxyl groups is 1. The zero-order valence-electron chi connectivity index (χ0n) is 11.6. The van der Waals surface area contributed by atoms with E-state index < -0.39 is 0 Å². The van der Waals surface area contributed by atoms with Gasteiger partial charge in [-0.2, -0.15) is 0 Å². The first-order chi connectivity index (χ1) is 10.3. The molecule has 0 unspecified atom stereocenters. The summed E-state index contributed by atoms with van der Waals surface area (Å²) in [6, 6.07) is 3.37. The second kappa shape index (κ2) is 7.17. The lowest BCUT2D eigenvalue weighted by molar-refractivity contribution is 0.0944. The number of carbonyl (C=O) groups excluding carboxylic acids is 1. The van der Waals surface area contributed by atoms with E-state index in [2.05, 4.69) is 32.3 Å². The number of hydrogen-bond acceptors (Lipinski definition) is 5. The SMILES string of the molecule is CCn1cnnc1CNC(=O)c1ncccc1C#CCO. The molecule has 108 valence electrons. The van der Waals surface area contributed by atoms with Crippen molar-refractivity contribution in [2.24, 2.45) is 0 Å². The van der Waals surface area contributed by atoms with Gasteiger partial charge in [-0.3, -0.25) is 4.79 Å². The Hall–Kier alpha value is -2.72. The molecule has 0 fully saturated rings. The van der Waals surface area contributed by atoms with Crippen LogP contribution in [0.15, 0.2) is 24.7 Å². The van der Waals surface area contributed by atoms with Crippen molar-refractivity contribution >= 4 is 5.91 Å². The molecular weight excluding hydrogens is 270 g/mol. The summed E-state index contributed by atoms with van der Waals surface area (Å²) in [7, 11) is 0. The molecule has 0 spiro atoms. The van der Waals surface area contributed by atoms with Gasteiger partial charge in [-0.05, 0) is 19.1 Å². The molecule has 0 bridgehead atoms. The van der Waals surface area contributed by atoms with Gasteiger partial charge in [-0.1, -0.05) is 11.8 Å². The number of nitrogens with one attached hydrogen (secondary N) is 1. The molecule has 21 heavy (non-hydrogen) atoms. The summed E-state index contributed by atoms with van der Waals surface area (Å²) >= 11 is 0. The van der Waals surface area contributed by atoms with Crippen LogP contribution in [-0.2, 0) is 13.1 Å². The topological polar surface area (TPSA) is 92.9 Å². The van der Waals surface area contributed by atoms with Crippen molar-refractivity contribution in [3.63, 3.8) is 0 Å². The monoisotopic (exact) mass is 285 g/mol. The summed E-state index contributed by atoms with van der Waals surface area (Å²) in [5, 5.41) is 19.2. The summed E-state index contributed by atoms with van der Waals surface area (Å²) in [5.41, 5.74) is 0.696. The van der Waals surface area contributed by atoms with Gasteiger partial charge < -0.3 is 15.0 Å². The van der Waals surface area contributed by atoms with Crippen LogP contribution in [0, 0.1) is 11.8 Å². The summed E-state index contributed by atoms with van der Waals surface area (Å²) < 4.78 is 1.84. The average molecular weight is 285 g/mol. The summed E-state index contributed by atoms with van der Waals surface area (Å²) in [6.45, 7) is 2.69. The first-order valence-electron chi connectivity index (χ1n) is 6.46. The maximum atomic E-state index is 12.2. The summed E-state index contributed by atoms with van der Waals surface area (Å²) in [6.07, 6.45) is 3.13. The van der Waals surface area contributed by atoms with E-state index in [9.17, 15) is 4.79 Å². The van der Waals surface area contributed by atoms with Gasteiger partial charge in [0, 0.05) is 12.7 Å². The highest BCUT2D eigenvalue weighted by molar-refractivity contribution is 5.94. The van der Waals surface area contributed by atoms with E-state index >= 15 is 0 Å². The predicted molar refractivity (Wildman–Crippen MR) is 75.1 cm³/mol.